The molecule has 130 valence electrons. The average molecular weight is 364 g/mol. The standard InChI is InChI=1S/C20H18ClN5/c1-12-8-9-15(11-16(12)21)22-19-20(26-14(3)10-13(2)25-26)24-18-7-5-4-6-17(18)23-19/h4-11H,1-3H3,(H,22,23). The van der Waals surface area contributed by atoms with E-state index in [1.807, 2.05) is 74.0 Å². The first-order chi connectivity index (χ1) is 12.5. The van der Waals surface area contributed by atoms with Crippen molar-refractivity contribution in [3.05, 3.63) is 70.5 Å². The third kappa shape index (κ3) is 3.02. The summed E-state index contributed by atoms with van der Waals surface area (Å²) in [6.45, 7) is 5.94. The van der Waals surface area contributed by atoms with Crippen LogP contribution in [0, 0.1) is 20.8 Å². The Morgan fingerprint density at radius 1 is 0.923 bits per heavy atom. The lowest BCUT2D eigenvalue weighted by Gasteiger charge is -2.13. The second-order valence-corrected chi connectivity index (χ2v) is 6.72. The van der Waals surface area contributed by atoms with Gasteiger partial charge >= 0.3 is 0 Å². The van der Waals surface area contributed by atoms with Gasteiger partial charge in [-0.15, -0.1) is 0 Å². The van der Waals surface area contributed by atoms with E-state index in [1.54, 1.807) is 0 Å². The number of aromatic nitrogens is 4. The zero-order valence-corrected chi connectivity index (χ0v) is 15.5. The van der Waals surface area contributed by atoms with E-state index in [0.717, 1.165) is 33.7 Å². The smallest absolute Gasteiger partial charge is 0.197 e. The number of anilines is 2. The van der Waals surface area contributed by atoms with Crippen molar-refractivity contribution in [1.82, 2.24) is 19.7 Å². The zero-order valence-electron chi connectivity index (χ0n) is 14.8. The van der Waals surface area contributed by atoms with Gasteiger partial charge in [-0.05, 0) is 56.7 Å². The summed E-state index contributed by atoms with van der Waals surface area (Å²) in [6.07, 6.45) is 0. The summed E-state index contributed by atoms with van der Waals surface area (Å²) in [5.74, 6) is 1.29. The molecule has 0 saturated heterocycles. The van der Waals surface area contributed by atoms with Crippen molar-refractivity contribution >= 4 is 34.1 Å². The van der Waals surface area contributed by atoms with Gasteiger partial charge in [0.15, 0.2) is 11.6 Å². The third-order valence-corrected chi connectivity index (χ3v) is 4.60. The number of halogens is 1. The Labute approximate surface area is 156 Å². The number of benzene rings is 2. The van der Waals surface area contributed by atoms with Crippen molar-refractivity contribution in [1.29, 1.82) is 0 Å². The van der Waals surface area contributed by atoms with Gasteiger partial charge in [0.25, 0.3) is 0 Å². The van der Waals surface area contributed by atoms with Gasteiger partial charge in [-0.25, -0.2) is 14.6 Å². The van der Waals surface area contributed by atoms with Crippen LogP contribution in [-0.2, 0) is 0 Å². The molecule has 6 heteroatoms. The molecule has 0 saturated carbocycles. The topological polar surface area (TPSA) is 55.6 Å². The van der Waals surface area contributed by atoms with Gasteiger partial charge in [0, 0.05) is 16.4 Å². The SMILES string of the molecule is Cc1cc(C)n(-c2nc3ccccc3nc2Nc2ccc(C)c(Cl)c2)n1. The van der Waals surface area contributed by atoms with Crippen LogP contribution in [0.25, 0.3) is 16.9 Å². The molecule has 0 radical (unpaired) electrons. The lowest BCUT2D eigenvalue weighted by Crippen LogP contribution is -2.08. The van der Waals surface area contributed by atoms with Crippen molar-refractivity contribution < 1.29 is 0 Å². The van der Waals surface area contributed by atoms with Gasteiger partial charge in [-0.2, -0.15) is 5.10 Å². The molecular weight excluding hydrogens is 346 g/mol. The fourth-order valence-corrected chi connectivity index (χ4v) is 3.05. The van der Waals surface area contributed by atoms with Gasteiger partial charge in [-0.3, -0.25) is 0 Å². The van der Waals surface area contributed by atoms with Crippen LogP contribution in [0.1, 0.15) is 17.0 Å². The van der Waals surface area contributed by atoms with Gasteiger partial charge in [0.05, 0.1) is 16.7 Å². The molecular formula is C20H18ClN5. The van der Waals surface area contributed by atoms with E-state index in [9.17, 15) is 0 Å². The molecule has 0 aliphatic rings. The van der Waals surface area contributed by atoms with Crippen LogP contribution in [0.2, 0.25) is 5.02 Å². The summed E-state index contributed by atoms with van der Waals surface area (Å²) < 4.78 is 1.81. The van der Waals surface area contributed by atoms with Crippen LogP contribution in [0.15, 0.2) is 48.5 Å². The molecule has 1 N–H and O–H groups in total. The second kappa shape index (κ2) is 6.42. The Morgan fingerprint density at radius 2 is 1.65 bits per heavy atom. The minimum atomic E-state index is 0.634. The molecule has 0 aliphatic heterocycles. The molecule has 4 rings (SSSR count). The second-order valence-electron chi connectivity index (χ2n) is 6.31. The van der Waals surface area contributed by atoms with E-state index in [-0.39, 0.29) is 0 Å². The maximum atomic E-state index is 6.27. The normalized spacial score (nSPS) is 11.1. The molecule has 0 unspecified atom stereocenters. The van der Waals surface area contributed by atoms with Crippen LogP contribution in [0.4, 0.5) is 11.5 Å². The predicted molar refractivity (Wildman–Crippen MR) is 106 cm³/mol. The van der Waals surface area contributed by atoms with Gasteiger partial charge in [0.1, 0.15) is 0 Å². The molecule has 0 fully saturated rings. The largest absolute Gasteiger partial charge is 0.337 e. The quantitative estimate of drug-likeness (QED) is 0.547. The molecule has 5 nitrogen and oxygen atoms in total. The van der Waals surface area contributed by atoms with Crippen molar-refractivity contribution in [2.24, 2.45) is 0 Å². The van der Waals surface area contributed by atoms with E-state index in [2.05, 4.69) is 10.4 Å². The van der Waals surface area contributed by atoms with Gasteiger partial charge in [-0.1, -0.05) is 29.8 Å². The van der Waals surface area contributed by atoms with Gasteiger partial charge < -0.3 is 5.32 Å². The average Bonchev–Trinajstić information content (AvgIpc) is 2.96. The predicted octanol–water partition coefficient (Wildman–Crippen LogP) is 5.14. The number of hydrogen-bond acceptors (Lipinski definition) is 4. The maximum absolute atomic E-state index is 6.27. The number of fused-ring (bicyclic) bond motifs is 1. The summed E-state index contributed by atoms with van der Waals surface area (Å²) in [5, 5.41) is 8.62. The van der Waals surface area contributed by atoms with Crippen molar-refractivity contribution in [2.75, 3.05) is 5.32 Å². The lowest BCUT2D eigenvalue weighted by molar-refractivity contribution is 0.808. The number of rotatable bonds is 3. The fraction of sp³-hybridized carbons (Fsp3) is 0.150. The van der Waals surface area contributed by atoms with Crippen molar-refractivity contribution in [3.8, 4) is 5.82 Å². The highest BCUT2D eigenvalue weighted by Crippen LogP contribution is 2.27. The highest BCUT2D eigenvalue weighted by molar-refractivity contribution is 6.31. The Hall–Kier alpha value is -2.92. The third-order valence-electron chi connectivity index (χ3n) is 4.20. The van der Waals surface area contributed by atoms with E-state index < -0.39 is 0 Å². The molecule has 4 aromatic rings. The maximum Gasteiger partial charge on any atom is 0.197 e. The first kappa shape index (κ1) is 16.5. The van der Waals surface area contributed by atoms with E-state index in [4.69, 9.17) is 21.6 Å². The summed E-state index contributed by atoms with van der Waals surface area (Å²) in [5.41, 5.74) is 5.45. The van der Waals surface area contributed by atoms with Crippen LogP contribution >= 0.6 is 11.6 Å². The summed E-state index contributed by atoms with van der Waals surface area (Å²) >= 11 is 6.27. The van der Waals surface area contributed by atoms with Crippen LogP contribution in [0.5, 0.6) is 0 Å². The first-order valence-corrected chi connectivity index (χ1v) is 8.72. The molecule has 0 spiro atoms. The van der Waals surface area contributed by atoms with Crippen LogP contribution in [-0.4, -0.2) is 19.7 Å². The number of para-hydroxylation sites is 2. The Balaban J connectivity index is 1.89. The number of nitrogens with zero attached hydrogens (tertiary/aromatic N) is 4. The summed E-state index contributed by atoms with van der Waals surface area (Å²) in [4.78, 5) is 9.57. The zero-order chi connectivity index (χ0) is 18.3. The monoisotopic (exact) mass is 363 g/mol. The Morgan fingerprint density at radius 3 is 2.31 bits per heavy atom. The van der Waals surface area contributed by atoms with E-state index in [1.165, 1.54) is 0 Å². The fourth-order valence-electron chi connectivity index (χ4n) is 2.87. The minimum absolute atomic E-state index is 0.634. The molecule has 2 heterocycles. The highest BCUT2D eigenvalue weighted by Gasteiger charge is 2.14. The molecule has 2 aromatic heterocycles. The molecule has 2 aromatic carbocycles. The van der Waals surface area contributed by atoms with E-state index in [0.29, 0.717) is 16.7 Å². The molecule has 0 amide bonds. The highest BCUT2D eigenvalue weighted by atomic mass is 35.5. The van der Waals surface area contributed by atoms with Crippen molar-refractivity contribution in [3.63, 3.8) is 0 Å². The molecule has 26 heavy (non-hydrogen) atoms. The first-order valence-electron chi connectivity index (χ1n) is 8.35. The van der Waals surface area contributed by atoms with Crippen LogP contribution < -0.4 is 5.32 Å². The number of nitrogens with one attached hydrogen (secondary N) is 1. The van der Waals surface area contributed by atoms with Crippen LogP contribution in [0.3, 0.4) is 0 Å². The van der Waals surface area contributed by atoms with Crippen molar-refractivity contribution in [2.45, 2.75) is 20.8 Å². The number of hydrogen-bond donors (Lipinski definition) is 1. The number of aryl methyl sites for hydroxylation is 3. The minimum Gasteiger partial charge on any atom is -0.337 e. The lowest BCUT2D eigenvalue weighted by atomic mass is 10.2. The van der Waals surface area contributed by atoms with Gasteiger partial charge in [0.2, 0.25) is 0 Å². The Kier molecular flexibility index (Phi) is 4.09. The molecule has 0 bridgehead atoms. The van der Waals surface area contributed by atoms with E-state index >= 15 is 0 Å². The molecule has 0 atom stereocenters. The summed E-state index contributed by atoms with van der Waals surface area (Å²) in [7, 11) is 0. The Bertz CT molecular complexity index is 1120. The molecule has 0 aliphatic carbocycles. The summed E-state index contributed by atoms with van der Waals surface area (Å²) in [6, 6.07) is 15.7.